The third-order valence-corrected chi connectivity index (χ3v) is 17.1. The van der Waals surface area contributed by atoms with Crippen LogP contribution in [0.25, 0.3) is 0 Å². The number of nitrogens with one attached hydrogen (secondary N) is 4. The van der Waals surface area contributed by atoms with Crippen molar-refractivity contribution in [2.24, 2.45) is 27.1 Å². The smallest absolute Gasteiger partial charge is 0.233 e. The standard InChI is InChI=1S/C77H149BN5O19/c1-23-24-34-78-67(89)83(39-44-92-48-52-96-56-54-94-50-46-90-41-25-63(85)79-35-29-74(15,16)99-60-70(7,8)58-84)40-45-93-49-53-97-57-55-95-51-47-91-42-26-64(86)80-36-30-75(17,18)101-61-72(11,12)66(88)82-37-31-73(13,14)98-43-33-71(9,10)65(87)81-38-32-76(19,20)102-62-77(21,22)100-59-69(5,6)28-27-68(2,3)4/h58H,23-57,59-62H2,1-22H3,(H,79,85)(H,80,86)(H,81,87)(H,82,88). The molecule has 1 radical (unpaired) electrons. The molecule has 0 atom stereocenters. The zero-order chi connectivity index (χ0) is 77.5. The quantitative estimate of drug-likeness (QED) is 0.0250. The third kappa shape index (κ3) is 55.9. The molecule has 0 aliphatic carbocycles. The van der Waals surface area contributed by atoms with Gasteiger partial charge in [0.25, 0.3) is 0 Å². The van der Waals surface area contributed by atoms with Crippen LogP contribution >= 0.6 is 0 Å². The van der Waals surface area contributed by atoms with Crippen molar-refractivity contribution in [2.75, 3.05) is 178 Å². The maximum atomic E-state index is 13.4. The first-order valence-corrected chi connectivity index (χ1v) is 37.9. The van der Waals surface area contributed by atoms with Crippen molar-refractivity contribution < 1.29 is 90.3 Å². The highest BCUT2D eigenvalue weighted by Crippen LogP contribution is 2.33. The Morgan fingerprint density at radius 1 is 0.363 bits per heavy atom. The largest absolute Gasteiger partial charge is 0.379 e. The summed E-state index contributed by atoms with van der Waals surface area (Å²) in [5.74, 6) is -0.436. The van der Waals surface area contributed by atoms with Gasteiger partial charge >= 0.3 is 0 Å². The van der Waals surface area contributed by atoms with Crippen molar-refractivity contribution in [2.45, 2.75) is 257 Å². The number of unbranched alkanes of at least 4 members (excludes halogenated alkanes) is 1. The van der Waals surface area contributed by atoms with E-state index in [0.29, 0.717) is 197 Å². The van der Waals surface area contributed by atoms with E-state index in [1.807, 2.05) is 96.9 Å². The van der Waals surface area contributed by atoms with Gasteiger partial charge in [0, 0.05) is 69.5 Å². The highest BCUT2D eigenvalue weighted by atomic mass is 16.6. The van der Waals surface area contributed by atoms with E-state index in [0.717, 1.165) is 32.0 Å². The number of hydrogen-bond donors (Lipinski definition) is 4. The summed E-state index contributed by atoms with van der Waals surface area (Å²) < 4.78 is 76.2. The van der Waals surface area contributed by atoms with Gasteiger partial charge in [0.05, 0.1) is 166 Å². The van der Waals surface area contributed by atoms with Crippen molar-refractivity contribution in [1.82, 2.24) is 26.2 Å². The predicted molar refractivity (Wildman–Crippen MR) is 403 cm³/mol. The SMILES string of the molecule is CCCC[B]C(=O)N(CCOCCOCCOCCOCCC(=O)NCCC(C)(C)OCC(C)(C)C=O)CCOCCOCCOCCOCCC(=O)NCCC(C)(C)OCC(C)(C)C(=O)NCCC(C)(C)OCCC(C)(C)C(=O)NCCC(C)(C)OCC(C)(C)OCC(C)(C)CCC(C)(C)C. The Morgan fingerprint density at radius 2 is 0.716 bits per heavy atom. The van der Waals surface area contributed by atoms with Crippen LogP contribution in [0.3, 0.4) is 0 Å². The van der Waals surface area contributed by atoms with Crippen LogP contribution in [0.5, 0.6) is 0 Å². The van der Waals surface area contributed by atoms with Crippen LogP contribution in [0, 0.1) is 27.1 Å². The van der Waals surface area contributed by atoms with Crippen LogP contribution in [0.4, 0.5) is 4.79 Å². The van der Waals surface area contributed by atoms with Crippen LogP contribution in [0.1, 0.15) is 223 Å². The molecule has 0 aromatic carbocycles. The van der Waals surface area contributed by atoms with Crippen LogP contribution in [0.15, 0.2) is 0 Å². The second-order valence-electron chi connectivity index (χ2n) is 33.9. The molecule has 0 fully saturated rings. The summed E-state index contributed by atoms with van der Waals surface area (Å²) in [6.45, 7) is 55.0. The van der Waals surface area contributed by atoms with Gasteiger partial charge in [-0.3, -0.25) is 24.0 Å². The lowest BCUT2D eigenvalue weighted by atomic mass is 9.71. The van der Waals surface area contributed by atoms with E-state index in [4.69, 9.17) is 61.6 Å². The van der Waals surface area contributed by atoms with Gasteiger partial charge in [-0.2, -0.15) is 0 Å². The number of hydrogen-bond acceptors (Lipinski definition) is 19. The molecule has 25 heteroatoms. The maximum absolute atomic E-state index is 13.4. The number of amides is 5. The minimum atomic E-state index is -0.805. The summed E-state index contributed by atoms with van der Waals surface area (Å²) >= 11 is 0. The maximum Gasteiger partial charge on any atom is 0.233 e. The van der Waals surface area contributed by atoms with E-state index in [1.165, 1.54) is 0 Å². The average Bonchev–Trinajstić information content (AvgIpc) is 0.875. The lowest BCUT2D eigenvalue weighted by molar-refractivity contribution is -0.138. The summed E-state index contributed by atoms with van der Waals surface area (Å²) in [7, 11) is 1.72. The molecule has 4 N–H and O–H groups in total. The Kier molecular flexibility index (Phi) is 50.0. The minimum absolute atomic E-state index is 0.0345. The first kappa shape index (κ1) is 98.6. The van der Waals surface area contributed by atoms with Gasteiger partial charge in [-0.25, -0.2) is 0 Å². The Bertz CT molecular complexity index is 2260. The molecular weight excluding hydrogens is 1310 g/mol. The van der Waals surface area contributed by atoms with Crippen LogP contribution in [0.2, 0.25) is 6.32 Å². The fourth-order valence-electron chi connectivity index (χ4n) is 9.14. The summed E-state index contributed by atoms with van der Waals surface area (Å²) in [6, 6.07) is 0. The molecule has 102 heavy (non-hydrogen) atoms. The molecule has 5 amide bonds. The van der Waals surface area contributed by atoms with Crippen molar-refractivity contribution in [3.05, 3.63) is 0 Å². The Hall–Kier alpha value is -3.44. The molecular formula is C77H149BN5O19. The summed E-state index contributed by atoms with van der Waals surface area (Å²) in [5, 5.41) is 12.0. The normalized spacial score (nSPS) is 13.1. The molecule has 0 aromatic heterocycles. The van der Waals surface area contributed by atoms with Gasteiger partial charge in [0.15, 0.2) is 5.81 Å². The number of carbonyl (C=O) groups excluding carboxylic acids is 6. The van der Waals surface area contributed by atoms with Gasteiger partial charge in [-0.05, 0) is 139 Å². The Balaban J connectivity index is 4.23. The third-order valence-electron chi connectivity index (χ3n) is 17.1. The molecule has 0 saturated carbocycles. The molecule has 0 saturated heterocycles. The van der Waals surface area contributed by atoms with Crippen LogP contribution in [-0.4, -0.2) is 254 Å². The van der Waals surface area contributed by atoms with Crippen molar-refractivity contribution >= 4 is 43.0 Å². The molecule has 0 bridgehead atoms. The molecule has 24 nitrogen and oxygen atoms in total. The zero-order valence-electron chi connectivity index (χ0n) is 68.4. The predicted octanol–water partition coefficient (Wildman–Crippen LogP) is 10.8. The number of carbonyl (C=O) groups is 6. The Labute approximate surface area is 619 Å². The number of aldehydes is 1. The number of nitrogens with zero attached hydrogens (tertiary/aromatic N) is 1. The molecule has 0 rings (SSSR count). The van der Waals surface area contributed by atoms with Crippen molar-refractivity contribution in [3.63, 3.8) is 0 Å². The second kappa shape index (κ2) is 51.8. The van der Waals surface area contributed by atoms with E-state index < -0.39 is 44.3 Å². The first-order valence-electron chi connectivity index (χ1n) is 37.9. The number of ether oxygens (including phenoxy) is 13. The van der Waals surface area contributed by atoms with Crippen LogP contribution in [-0.2, 0) is 85.6 Å². The van der Waals surface area contributed by atoms with Gasteiger partial charge in [-0.15, -0.1) is 0 Å². The van der Waals surface area contributed by atoms with Gasteiger partial charge in [0.2, 0.25) is 30.9 Å². The van der Waals surface area contributed by atoms with Gasteiger partial charge < -0.3 is 92.5 Å². The number of rotatable bonds is 67. The molecule has 0 aliphatic heterocycles. The molecule has 0 heterocycles. The molecule has 0 aromatic rings. The lowest BCUT2D eigenvalue weighted by Gasteiger charge is -2.36. The summed E-state index contributed by atoms with van der Waals surface area (Å²) in [6.07, 6.45) is 9.16. The fourth-order valence-corrected chi connectivity index (χ4v) is 9.14. The molecule has 0 unspecified atom stereocenters. The van der Waals surface area contributed by atoms with Crippen molar-refractivity contribution in [1.29, 1.82) is 0 Å². The summed E-state index contributed by atoms with van der Waals surface area (Å²) in [4.78, 5) is 77.3. The molecule has 0 aliphatic rings. The lowest BCUT2D eigenvalue weighted by Crippen LogP contribution is -2.44. The topological polar surface area (TPSA) is 274 Å². The van der Waals surface area contributed by atoms with E-state index >= 15 is 0 Å². The van der Waals surface area contributed by atoms with Gasteiger partial charge in [0.1, 0.15) is 6.29 Å². The fraction of sp³-hybridized carbons (Fsp3) is 0.922. The monoisotopic (exact) mass is 1460 g/mol. The van der Waals surface area contributed by atoms with E-state index in [2.05, 4.69) is 76.7 Å². The van der Waals surface area contributed by atoms with E-state index in [-0.39, 0.29) is 72.9 Å². The second-order valence-corrected chi connectivity index (χ2v) is 33.9. The first-order chi connectivity index (χ1) is 47.4. The average molecular weight is 1460 g/mol. The highest BCUT2D eigenvalue weighted by molar-refractivity contribution is 6.73. The molecule has 599 valence electrons. The van der Waals surface area contributed by atoms with E-state index in [9.17, 15) is 28.8 Å². The summed E-state index contributed by atoms with van der Waals surface area (Å²) in [5.41, 5.74) is -4.12. The van der Waals surface area contributed by atoms with E-state index in [1.54, 1.807) is 12.2 Å². The van der Waals surface area contributed by atoms with Crippen LogP contribution < -0.4 is 21.3 Å². The van der Waals surface area contributed by atoms with Gasteiger partial charge in [-0.1, -0.05) is 88.4 Å². The zero-order valence-corrected chi connectivity index (χ0v) is 68.4. The highest BCUT2D eigenvalue weighted by Gasteiger charge is 2.35. The molecule has 0 spiro atoms. The minimum Gasteiger partial charge on any atom is -0.379 e. The van der Waals surface area contributed by atoms with Crippen molar-refractivity contribution in [3.8, 4) is 0 Å². The Morgan fingerprint density at radius 3 is 1.12 bits per heavy atom.